The van der Waals surface area contributed by atoms with Gasteiger partial charge >= 0.3 is 39.5 Å². The maximum absolute atomic E-state index is 13.0. The second-order valence-electron chi connectivity index (χ2n) is 26.8. The summed E-state index contributed by atoms with van der Waals surface area (Å²) >= 11 is 0. The Morgan fingerprint density at radius 1 is 0.322 bits per heavy atom. The number of carbonyl (C=O) groups is 4. The van der Waals surface area contributed by atoms with Crippen molar-refractivity contribution < 1.29 is 80.2 Å². The number of phosphoric acid groups is 2. The first kappa shape index (κ1) is 88.1. The van der Waals surface area contributed by atoms with Crippen LogP contribution in [-0.2, 0) is 65.4 Å². The summed E-state index contributed by atoms with van der Waals surface area (Å²) in [5, 5.41) is 10.6. The summed E-state index contributed by atoms with van der Waals surface area (Å²) in [4.78, 5) is 72.5. The van der Waals surface area contributed by atoms with Gasteiger partial charge in [0.15, 0.2) is 12.2 Å². The van der Waals surface area contributed by atoms with Crippen molar-refractivity contribution in [2.45, 2.75) is 375 Å². The van der Waals surface area contributed by atoms with Crippen LogP contribution in [0.1, 0.15) is 357 Å². The van der Waals surface area contributed by atoms with Crippen LogP contribution < -0.4 is 0 Å². The summed E-state index contributed by atoms with van der Waals surface area (Å²) in [7, 11) is -9.90. The summed E-state index contributed by atoms with van der Waals surface area (Å²) < 4.78 is 68.3. The van der Waals surface area contributed by atoms with E-state index >= 15 is 0 Å². The van der Waals surface area contributed by atoms with Crippen LogP contribution in [0.2, 0.25) is 0 Å². The lowest BCUT2D eigenvalue weighted by Crippen LogP contribution is -2.30. The maximum Gasteiger partial charge on any atom is 0.472 e. The average molecular weight is 1330 g/mol. The van der Waals surface area contributed by atoms with Crippen LogP contribution >= 0.6 is 15.6 Å². The Morgan fingerprint density at radius 3 is 0.844 bits per heavy atom. The molecule has 0 aliphatic heterocycles. The van der Waals surface area contributed by atoms with Crippen LogP contribution in [0, 0.1) is 17.8 Å². The molecule has 19 heteroatoms. The minimum absolute atomic E-state index is 0.106. The lowest BCUT2D eigenvalue weighted by Gasteiger charge is -2.21. The Labute approximate surface area is 549 Å². The SMILES string of the molecule is CCCCCCCCCC(=O)OC[C@H](COP(=O)(O)OC[C@H](O)COP(=O)(O)OC[C@@H](COC(=O)CCCCCCCCCCCCCC(C)C)OC(=O)CCCCCCCCCCCCCCC(C)C)OC(=O)CCCCCCCCCCCCC(C)CC. The normalized spacial score (nSPS) is 14.5. The van der Waals surface area contributed by atoms with Gasteiger partial charge in [-0.25, -0.2) is 9.13 Å². The van der Waals surface area contributed by atoms with Gasteiger partial charge in [0.05, 0.1) is 26.4 Å². The van der Waals surface area contributed by atoms with Crippen molar-refractivity contribution in [1.82, 2.24) is 0 Å². The molecule has 0 aliphatic carbocycles. The Balaban J connectivity index is 5.22. The van der Waals surface area contributed by atoms with E-state index in [2.05, 4.69) is 48.5 Å². The lowest BCUT2D eigenvalue weighted by molar-refractivity contribution is -0.161. The van der Waals surface area contributed by atoms with Gasteiger partial charge in [0, 0.05) is 25.7 Å². The zero-order chi connectivity index (χ0) is 66.6. The molecule has 90 heavy (non-hydrogen) atoms. The third-order valence-corrected chi connectivity index (χ3v) is 18.6. The molecule has 17 nitrogen and oxygen atoms in total. The Morgan fingerprint density at radius 2 is 0.567 bits per heavy atom. The Kier molecular flexibility index (Phi) is 60.6. The molecule has 0 heterocycles. The van der Waals surface area contributed by atoms with Crippen LogP contribution in [0.15, 0.2) is 0 Å². The van der Waals surface area contributed by atoms with E-state index in [1.807, 2.05) is 0 Å². The van der Waals surface area contributed by atoms with Gasteiger partial charge < -0.3 is 33.8 Å². The van der Waals surface area contributed by atoms with E-state index in [0.717, 1.165) is 120 Å². The van der Waals surface area contributed by atoms with Gasteiger partial charge in [-0.1, -0.05) is 305 Å². The summed E-state index contributed by atoms with van der Waals surface area (Å²) in [6.07, 6.45) is 45.8. The van der Waals surface area contributed by atoms with Gasteiger partial charge in [-0.15, -0.1) is 0 Å². The van der Waals surface area contributed by atoms with Crippen LogP contribution in [-0.4, -0.2) is 96.7 Å². The number of aliphatic hydroxyl groups excluding tert-OH is 1. The zero-order valence-electron chi connectivity index (χ0n) is 58.6. The van der Waals surface area contributed by atoms with E-state index in [1.165, 1.54) is 154 Å². The zero-order valence-corrected chi connectivity index (χ0v) is 60.4. The van der Waals surface area contributed by atoms with Crippen molar-refractivity contribution in [2.24, 2.45) is 17.8 Å². The highest BCUT2D eigenvalue weighted by atomic mass is 31.2. The molecule has 0 amide bonds. The fourth-order valence-corrected chi connectivity index (χ4v) is 12.3. The first-order valence-corrected chi connectivity index (χ1v) is 39.9. The monoisotopic (exact) mass is 1320 g/mol. The molecule has 3 unspecified atom stereocenters. The topological polar surface area (TPSA) is 237 Å². The van der Waals surface area contributed by atoms with E-state index in [4.69, 9.17) is 37.0 Å². The standard InChI is InChI=1S/C71H138O17P2/c1-8-10-11-12-28-38-45-52-68(73)81-58-66(87-71(76)55-48-41-34-27-21-20-24-31-37-44-51-64(7)9-2)60-85-89(77,78)83-56-65(72)57-84-90(79,80)86-61-67(59-82-69(74)53-46-39-32-25-19-15-17-23-30-36-43-50-63(5)6)88-70(75)54-47-40-33-26-18-14-13-16-22-29-35-42-49-62(3)4/h62-67,72H,8-61H2,1-7H3,(H,77,78)(H,79,80)/t64?,65-,66+,67+/m0/s1. The third-order valence-electron chi connectivity index (χ3n) is 16.7. The van der Waals surface area contributed by atoms with E-state index in [0.29, 0.717) is 25.7 Å². The number of hydrogen-bond acceptors (Lipinski definition) is 15. The fraction of sp³-hybridized carbons (Fsp3) is 0.944. The first-order chi connectivity index (χ1) is 43.3. The van der Waals surface area contributed by atoms with E-state index in [1.54, 1.807) is 0 Å². The highest BCUT2D eigenvalue weighted by molar-refractivity contribution is 7.47. The number of ether oxygens (including phenoxy) is 4. The molecule has 0 rings (SSSR count). The Hall–Kier alpha value is -1.94. The molecule has 0 spiro atoms. The number of esters is 4. The van der Waals surface area contributed by atoms with Crippen LogP contribution in [0.25, 0.3) is 0 Å². The van der Waals surface area contributed by atoms with Crippen molar-refractivity contribution >= 4 is 39.5 Å². The predicted molar refractivity (Wildman–Crippen MR) is 363 cm³/mol. The van der Waals surface area contributed by atoms with Crippen LogP contribution in [0.5, 0.6) is 0 Å². The number of carbonyl (C=O) groups excluding carboxylic acids is 4. The van der Waals surface area contributed by atoms with Gasteiger partial charge in [0.2, 0.25) is 0 Å². The molecule has 534 valence electrons. The smallest absolute Gasteiger partial charge is 0.462 e. The Bertz CT molecular complexity index is 1770. The summed E-state index contributed by atoms with van der Waals surface area (Å²) in [5.74, 6) is 0.223. The van der Waals surface area contributed by atoms with Gasteiger partial charge in [-0.3, -0.25) is 37.3 Å². The largest absolute Gasteiger partial charge is 0.472 e. The molecule has 0 aromatic rings. The minimum atomic E-state index is -4.95. The molecular formula is C71H138O17P2. The first-order valence-electron chi connectivity index (χ1n) is 36.9. The second kappa shape index (κ2) is 61.9. The molecule has 0 aromatic carbocycles. The minimum Gasteiger partial charge on any atom is -0.462 e. The molecule has 6 atom stereocenters. The molecule has 0 saturated carbocycles. The van der Waals surface area contributed by atoms with Crippen molar-refractivity contribution in [3.05, 3.63) is 0 Å². The highest BCUT2D eigenvalue weighted by Crippen LogP contribution is 2.45. The summed E-state index contributed by atoms with van der Waals surface area (Å²) in [6, 6.07) is 0. The molecule has 0 aliphatic rings. The molecule has 0 bridgehead atoms. The quantitative estimate of drug-likeness (QED) is 0.0222. The summed E-state index contributed by atoms with van der Waals surface area (Å²) in [6.45, 7) is 11.9. The molecule has 0 aromatic heterocycles. The third kappa shape index (κ3) is 63.5. The van der Waals surface area contributed by atoms with E-state index in [-0.39, 0.29) is 25.7 Å². The maximum atomic E-state index is 13.0. The number of unbranched alkanes of at least 4 members (excludes halogenated alkanes) is 36. The molecule has 0 radical (unpaired) electrons. The molecule has 3 N–H and O–H groups in total. The fourth-order valence-electron chi connectivity index (χ4n) is 10.7. The molecular weight excluding hydrogens is 1190 g/mol. The van der Waals surface area contributed by atoms with Crippen molar-refractivity contribution in [3.63, 3.8) is 0 Å². The van der Waals surface area contributed by atoms with E-state index in [9.17, 15) is 43.2 Å². The average Bonchev–Trinajstić information content (AvgIpc) is 2.21. The van der Waals surface area contributed by atoms with Crippen molar-refractivity contribution in [3.8, 4) is 0 Å². The van der Waals surface area contributed by atoms with Crippen molar-refractivity contribution in [2.75, 3.05) is 39.6 Å². The number of aliphatic hydroxyl groups is 1. The summed E-state index contributed by atoms with van der Waals surface area (Å²) in [5.41, 5.74) is 0. The van der Waals surface area contributed by atoms with Gasteiger partial charge in [-0.2, -0.15) is 0 Å². The second-order valence-corrected chi connectivity index (χ2v) is 29.7. The molecule has 0 saturated heterocycles. The van der Waals surface area contributed by atoms with Gasteiger partial charge in [0.1, 0.15) is 19.3 Å². The van der Waals surface area contributed by atoms with E-state index < -0.39 is 97.5 Å². The lowest BCUT2D eigenvalue weighted by atomic mass is 9.99. The molecule has 0 fully saturated rings. The van der Waals surface area contributed by atoms with Gasteiger partial charge in [0.25, 0.3) is 0 Å². The highest BCUT2D eigenvalue weighted by Gasteiger charge is 2.30. The van der Waals surface area contributed by atoms with Crippen LogP contribution in [0.4, 0.5) is 0 Å². The number of hydrogen-bond donors (Lipinski definition) is 3. The predicted octanol–water partition coefficient (Wildman–Crippen LogP) is 20.2. The number of rotatable bonds is 69. The van der Waals surface area contributed by atoms with Crippen molar-refractivity contribution in [1.29, 1.82) is 0 Å². The van der Waals surface area contributed by atoms with Crippen LogP contribution in [0.3, 0.4) is 0 Å². The van der Waals surface area contributed by atoms with Gasteiger partial charge in [-0.05, 0) is 43.4 Å². The number of phosphoric ester groups is 2.